The van der Waals surface area contributed by atoms with Crippen LogP contribution in [0, 0.1) is 5.92 Å². The standard InChI is InChI=1S/C18H28N2O/c1-21-13-14-9-10-20(12-14)18-11-16(7-8-17(18)19)15-5-3-2-4-6-15/h2-6,14,16-18H,7-13,19H2,1H3. The van der Waals surface area contributed by atoms with Crippen LogP contribution in [0.5, 0.6) is 0 Å². The molecular formula is C18H28N2O. The number of likely N-dealkylation sites (tertiary alicyclic amines) is 1. The molecule has 1 saturated carbocycles. The lowest BCUT2D eigenvalue weighted by atomic mass is 9.78. The molecule has 3 rings (SSSR count). The van der Waals surface area contributed by atoms with Crippen molar-refractivity contribution < 1.29 is 4.74 Å². The van der Waals surface area contributed by atoms with Crippen LogP contribution in [0.15, 0.2) is 30.3 Å². The van der Waals surface area contributed by atoms with Crippen LogP contribution in [0.25, 0.3) is 0 Å². The zero-order valence-electron chi connectivity index (χ0n) is 13.1. The molecule has 0 radical (unpaired) electrons. The van der Waals surface area contributed by atoms with Crippen LogP contribution >= 0.6 is 0 Å². The minimum absolute atomic E-state index is 0.339. The first-order valence-corrected chi connectivity index (χ1v) is 8.31. The molecule has 1 aromatic carbocycles. The summed E-state index contributed by atoms with van der Waals surface area (Å²) in [5.41, 5.74) is 7.93. The molecule has 1 heterocycles. The maximum absolute atomic E-state index is 6.45. The molecule has 0 spiro atoms. The van der Waals surface area contributed by atoms with E-state index in [1.807, 2.05) is 0 Å². The maximum atomic E-state index is 6.45. The Morgan fingerprint density at radius 1 is 1.19 bits per heavy atom. The van der Waals surface area contributed by atoms with E-state index in [0.717, 1.165) is 19.6 Å². The molecule has 1 aliphatic heterocycles. The number of ether oxygens (including phenoxy) is 1. The minimum Gasteiger partial charge on any atom is -0.384 e. The topological polar surface area (TPSA) is 38.5 Å². The fourth-order valence-corrected chi connectivity index (χ4v) is 4.15. The maximum Gasteiger partial charge on any atom is 0.0503 e. The van der Waals surface area contributed by atoms with Crippen molar-refractivity contribution in [2.24, 2.45) is 11.7 Å². The van der Waals surface area contributed by atoms with Gasteiger partial charge in [-0.3, -0.25) is 4.90 Å². The molecule has 0 aromatic heterocycles. The van der Waals surface area contributed by atoms with E-state index in [9.17, 15) is 0 Å². The van der Waals surface area contributed by atoms with Crippen molar-refractivity contribution in [1.82, 2.24) is 4.90 Å². The number of nitrogens with two attached hydrogens (primary N) is 1. The summed E-state index contributed by atoms with van der Waals surface area (Å²) in [6.45, 7) is 3.24. The average Bonchev–Trinajstić information content (AvgIpc) is 2.97. The third-order valence-corrected chi connectivity index (χ3v) is 5.33. The Balaban J connectivity index is 1.64. The van der Waals surface area contributed by atoms with Gasteiger partial charge in [-0.2, -0.15) is 0 Å². The number of rotatable bonds is 4. The van der Waals surface area contributed by atoms with Gasteiger partial charge in [0, 0.05) is 25.7 Å². The van der Waals surface area contributed by atoms with Crippen molar-refractivity contribution in [2.45, 2.75) is 43.7 Å². The van der Waals surface area contributed by atoms with Crippen molar-refractivity contribution in [1.29, 1.82) is 0 Å². The van der Waals surface area contributed by atoms with Gasteiger partial charge >= 0.3 is 0 Å². The van der Waals surface area contributed by atoms with E-state index in [1.54, 1.807) is 7.11 Å². The third-order valence-electron chi connectivity index (χ3n) is 5.33. The molecule has 21 heavy (non-hydrogen) atoms. The molecule has 2 fully saturated rings. The number of benzene rings is 1. The van der Waals surface area contributed by atoms with E-state index in [-0.39, 0.29) is 0 Å². The zero-order chi connectivity index (χ0) is 14.7. The Morgan fingerprint density at radius 3 is 2.76 bits per heavy atom. The van der Waals surface area contributed by atoms with Crippen LogP contribution in [0.3, 0.4) is 0 Å². The second-order valence-electron chi connectivity index (χ2n) is 6.76. The number of hydrogen-bond donors (Lipinski definition) is 1. The summed E-state index contributed by atoms with van der Waals surface area (Å²) in [5, 5.41) is 0. The number of hydrogen-bond acceptors (Lipinski definition) is 3. The van der Waals surface area contributed by atoms with Gasteiger partial charge in [-0.15, -0.1) is 0 Å². The lowest BCUT2D eigenvalue weighted by molar-refractivity contribution is 0.126. The van der Waals surface area contributed by atoms with Crippen molar-refractivity contribution >= 4 is 0 Å². The Bertz CT molecular complexity index is 436. The first kappa shape index (κ1) is 15.0. The van der Waals surface area contributed by atoms with Crippen LogP contribution in [0.2, 0.25) is 0 Å². The van der Waals surface area contributed by atoms with Crippen LogP contribution in [0.4, 0.5) is 0 Å². The summed E-state index contributed by atoms with van der Waals surface area (Å²) in [7, 11) is 1.81. The molecule has 3 nitrogen and oxygen atoms in total. The Labute approximate surface area is 128 Å². The Morgan fingerprint density at radius 2 is 2.00 bits per heavy atom. The molecule has 0 amide bonds. The van der Waals surface area contributed by atoms with Gasteiger partial charge in [0.1, 0.15) is 0 Å². The van der Waals surface area contributed by atoms with Crippen molar-refractivity contribution in [3.63, 3.8) is 0 Å². The van der Waals surface area contributed by atoms with Gasteiger partial charge in [-0.05, 0) is 49.6 Å². The van der Waals surface area contributed by atoms with E-state index >= 15 is 0 Å². The van der Waals surface area contributed by atoms with Gasteiger partial charge < -0.3 is 10.5 Å². The quantitative estimate of drug-likeness (QED) is 0.925. The van der Waals surface area contributed by atoms with Gasteiger partial charge in [0.25, 0.3) is 0 Å². The molecular weight excluding hydrogens is 260 g/mol. The van der Waals surface area contributed by atoms with E-state index < -0.39 is 0 Å². The highest BCUT2D eigenvalue weighted by Gasteiger charge is 2.36. The predicted molar refractivity (Wildman–Crippen MR) is 86.4 cm³/mol. The zero-order valence-corrected chi connectivity index (χ0v) is 13.1. The van der Waals surface area contributed by atoms with Crippen LogP contribution in [-0.4, -0.2) is 43.8 Å². The average molecular weight is 288 g/mol. The SMILES string of the molecule is COCC1CCN(C2CC(c3ccccc3)CCC2N)C1. The van der Waals surface area contributed by atoms with Crippen molar-refractivity contribution in [3.05, 3.63) is 35.9 Å². The Hall–Kier alpha value is -0.900. The third kappa shape index (κ3) is 3.47. The lowest BCUT2D eigenvalue weighted by Crippen LogP contribution is -2.50. The van der Waals surface area contributed by atoms with Crippen LogP contribution in [0.1, 0.15) is 37.2 Å². The predicted octanol–water partition coefficient (Wildman–Crippen LogP) is 2.62. The molecule has 1 aliphatic carbocycles. The monoisotopic (exact) mass is 288 g/mol. The molecule has 1 aromatic rings. The van der Waals surface area contributed by atoms with E-state index in [1.165, 1.54) is 31.4 Å². The molecule has 3 heteroatoms. The smallest absolute Gasteiger partial charge is 0.0503 e. The highest BCUT2D eigenvalue weighted by atomic mass is 16.5. The van der Waals surface area contributed by atoms with Crippen molar-refractivity contribution in [2.75, 3.05) is 26.8 Å². The fourth-order valence-electron chi connectivity index (χ4n) is 4.15. The van der Waals surface area contributed by atoms with E-state index in [4.69, 9.17) is 10.5 Å². The molecule has 0 bridgehead atoms. The molecule has 2 aliphatic rings. The minimum atomic E-state index is 0.339. The van der Waals surface area contributed by atoms with E-state index in [0.29, 0.717) is 23.9 Å². The van der Waals surface area contributed by atoms with Gasteiger partial charge in [-0.1, -0.05) is 30.3 Å². The highest BCUT2D eigenvalue weighted by molar-refractivity contribution is 5.21. The largest absolute Gasteiger partial charge is 0.384 e. The van der Waals surface area contributed by atoms with Gasteiger partial charge in [0.05, 0.1) is 6.61 Å². The fraction of sp³-hybridized carbons (Fsp3) is 0.667. The highest BCUT2D eigenvalue weighted by Crippen LogP contribution is 2.36. The summed E-state index contributed by atoms with van der Waals surface area (Å²) in [6.07, 6.45) is 4.85. The van der Waals surface area contributed by atoms with Crippen LogP contribution in [-0.2, 0) is 4.74 Å². The number of nitrogens with zero attached hydrogens (tertiary/aromatic N) is 1. The summed E-state index contributed by atoms with van der Waals surface area (Å²) in [4.78, 5) is 2.63. The van der Waals surface area contributed by atoms with Crippen molar-refractivity contribution in [3.8, 4) is 0 Å². The first-order valence-electron chi connectivity index (χ1n) is 8.31. The Kier molecular flexibility index (Phi) is 4.94. The summed E-state index contributed by atoms with van der Waals surface area (Å²) < 4.78 is 5.32. The first-order chi connectivity index (χ1) is 10.3. The molecule has 2 N–H and O–H groups in total. The lowest BCUT2D eigenvalue weighted by Gasteiger charge is -2.40. The molecule has 1 saturated heterocycles. The summed E-state index contributed by atoms with van der Waals surface area (Å²) in [5.74, 6) is 1.37. The summed E-state index contributed by atoms with van der Waals surface area (Å²) in [6, 6.07) is 11.8. The number of methoxy groups -OCH3 is 1. The van der Waals surface area contributed by atoms with Gasteiger partial charge in [0.15, 0.2) is 0 Å². The van der Waals surface area contributed by atoms with Gasteiger partial charge in [-0.25, -0.2) is 0 Å². The summed E-state index contributed by atoms with van der Waals surface area (Å²) >= 11 is 0. The van der Waals surface area contributed by atoms with Gasteiger partial charge in [0.2, 0.25) is 0 Å². The second-order valence-corrected chi connectivity index (χ2v) is 6.76. The molecule has 116 valence electrons. The second kappa shape index (κ2) is 6.91. The molecule has 4 unspecified atom stereocenters. The normalized spacial score (nSPS) is 34.2. The van der Waals surface area contributed by atoms with E-state index in [2.05, 4.69) is 35.2 Å². The molecule has 4 atom stereocenters. The van der Waals surface area contributed by atoms with Crippen LogP contribution < -0.4 is 5.73 Å².